The van der Waals surface area contributed by atoms with E-state index in [1.165, 1.54) is 11.3 Å². The highest BCUT2D eigenvalue weighted by Crippen LogP contribution is 2.21. The monoisotopic (exact) mass is 342 g/mol. The molecule has 0 saturated carbocycles. The number of amides is 1. The number of rotatable bonds is 3. The first-order valence-electron chi connectivity index (χ1n) is 7.01. The van der Waals surface area contributed by atoms with E-state index in [0.717, 1.165) is 36.5 Å². The first kappa shape index (κ1) is 16.9. The van der Waals surface area contributed by atoms with Crippen LogP contribution in [0.3, 0.4) is 0 Å². The summed E-state index contributed by atoms with van der Waals surface area (Å²) >= 11 is 1.45. The minimum Gasteiger partial charge on any atom is -0.317 e. The molecule has 2 aromatic rings. The fourth-order valence-corrected chi connectivity index (χ4v) is 3.18. The van der Waals surface area contributed by atoms with Crippen molar-refractivity contribution in [1.82, 2.24) is 25.3 Å². The Kier molecular flexibility index (Phi) is 5.49. The molecule has 3 heterocycles. The highest BCUT2D eigenvalue weighted by Gasteiger charge is 2.23. The summed E-state index contributed by atoms with van der Waals surface area (Å²) in [5, 5.41) is 14.9. The molecule has 1 aliphatic heterocycles. The second-order valence-corrected chi connectivity index (χ2v) is 6.41. The summed E-state index contributed by atoms with van der Waals surface area (Å²) in [7, 11) is 0. The topological polar surface area (TPSA) is 84.7 Å². The van der Waals surface area contributed by atoms with Crippen LogP contribution >= 0.6 is 23.7 Å². The van der Waals surface area contributed by atoms with Gasteiger partial charge in [0.15, 0.2) is 10.8 Å². The molecule has 0 bridgehead atoms. The van der Waals surface area contributed by atoms with Crippen LogP contribution in [0.4, 0.5) is 5.13 Å². The van der Waals surface area contributed by atoms with Crippen LogP contribution in [0.25, 0.3) is 0 Å². The first-order chi connectivity index (χ1) is 10.1. The van der Waals surface area contributed by atoms with Gasteiger partial charge in [0.1, 0.15) is 0 Å². The SMILES string of the molecule is Cc1cnc(NC(=O)c2nnn(C3CCNCC3)c2C)s1.Cl. The van der Waals surface area contributed by atoms with Gasteiger partial charge in [-0.2, -0.15) is 0 Å². The van der Waals surface area contributed by atoms with E-state index in [1.54, 1.807) is 6.20 Å². The molecule has 2 N–H and O–H groups in total. The Morgan fingerprint density at radius 1 is 1.41 bits per heavy atom. The fraction of sp³-hybridized carbons (Fsp3) is 0.538. The molecule has 22 heavy (non-hydrogen) atoms. The van der Waals surface area contributed by atoms with E-state index in [2.05, 4.69) is 25.9 Å². The number of nitrogens with zero attached hydrogens (tertiary/aromatic N) is 4. The van der Waals surface area contributed by atoms with Crippen molar-refractivity contribution in [3.8, 4) is 0 Å². The van der Waals surface area contributed by atoms with E-state index in [4.69, 9.17) is 0 Å². The van der Waals surface area contributed by atoms with Crippen molar-refractivity contribution in [2.75, 3.05) is 18.4 Å². The number of piperidine rings is 1. The molecule has 120 valence electrons. The Morgan fingerprint density at radius 3 is 2.77 bits per heavy atom. The lowest BCUT2D eigenvalue weighted by Gasteiger charge is -2.23. The molecule has 1 aliphatic rings. The van der Waals surface area contributed by atoms with Gasteiger partial charge in [-0.3, -0.25) is 10.1 Å². The molecule has 2 aromatic heterocycles. The molecule has 0 atom stereocenters. The summed E-state index contributed by atoms with van der Waals surface area (Å²) in [4.78, 5) is 17.5. The quantitative estimate of drug-likeness (QED) is 0.890. The average molecular weight is 343 g/mol. The van der Waals surface area contributed by atoms with Crippen LogP contribution in [0.5, 0.6) is 0 Å². The van der Waals surface area contributed by atoms with Crippen molar-refractivity contribution in [2.45, 2.75) is 32.7 Å². The average Bonchev–Trinajstić information content (AvgIpc) is 3.06. The Balaban J connectivity index is 0.00000176. The van der Waals surface area contributed by atoms with Crippen LogP contribution in [0, 0.1) is 13.8 Å². The number of aromatic nitrogens is 4. The fourth-order valence-electron chi connectivity index (χ4n) is 2.52. The van der Waals surface area contributed by atoms with E-state index in [1.807, 2.05) is 18.5 Å². The first-order valence-corrected chi connectivity index (χ1v) is 7.83. The highest BCUT2D eigenvalue weighted by atomic mass is 35.5. The lowest BCUT2D eigenvalue weighted by atomic mass is 10.1. The van der Waals surface area contributed by atoms with Crippen LogP contribution in [0.15, 0.2) is 6.20 Å². The minimum absolute atomic E-state index is 0. The van der Waals surface area contributed by atoms with Crippen LogP contribution < -0.4 is 10.6 Å². The van der Waals surface area contributed by atoms with Crippen molar-refractivity contribution in [2.24, 2.45) is 0 Å². The van der Waals surface area contributed by atoms with Crippen LogP contribution in [0.2, 0.25) is 0 Å². The van der Waals surface area contributed by atoms with Gasteiger partial charge < -0.3 is 5.32 Å². The Hall–Kier alpha value is -1.51. The summed E-state index contributed by atoms with van der Waals surface area (Å²) in [5.74, 6) is -0.248. The highest BCUT2D eigenvalue weighted by molar-refractivity contribution is 7.15. The van der Waals surface area contributed by atoms with Gasteiger partial charge >= 0.3 is 0 Å². The summed E-state index contributed by atoms with van der Waals surface area (Å²) in [6.45, 7) is 5.80. The second-order valence-electron chi connectivity index (χ2n) is 5.18. The maximum atomic E-state index is 12.3. The smallest absolute Gasteiger partial charge is 0.279 e. The lowest BCUT2D eigenvalue weighted by molar-refractivity contribution is 0.102. The van der Waals surface area contributed by atoms with Crippen molar-refractivity contribution in [3.05, 3.63) is 22.5 Å². The van der Waals surface area contributed by atoms with Crippen LogP contribution in [-0.4, -0.2) is 39.0 Å². The minimum atomic E-state index is -0.248. The van der Waals surface area contributed by atoms with E-state index in [0.29, 0.717) is 16.9 Å². The molecule has 3 rings (SSSR count). The summed E-state index contributed by atoms with van der Waals surface area (Å²) in [5.41, 5.74) is 1.19. The lowest BCUT2D eigenvalue weighted by Crippen LogP contribution is -2.30. The molecule has 0 spiro atoms. The Labute approximate surface area is 138 Å². The number of nitrogens with one attached hydrogen (secondary N) is 2. The zero-order valence-electron chi connectivity index (χ0n) is 12.5. The van der Waals surface area contributed by atoms with Crippen LogP contribution in [0.1, 0.15) is 39.9 Å². The summed E-state index contributed by atoms with van der Waals surface area (Å²) < 4.78 is 1.88. The third-order valence-electron chi connectivity index (χ3n) is 3.64. The maximum Gasteiger partial charge on any atom is 0.279 e. The molecule has 0 aliphatic carbocycles. The summed E-state index contributed by atoms with van der Waals surface area (Å²) in [6, 6.07) is 0.322. The van der Waals surface area contributed by atoms with Crippen molar-refractivity contribution < 1.29 is 4.79 Å². The van der Waals surface area contributed by atoms with E-state index in [-0.39, 0.29) is 18.3 Å². The Bertz CT molecular complexity index is 649. The maximum absolute atomic E-state index is 12.3. The molecular formula is C13H19ClN6OS. The van der Waals surface area contributed by atoms with Gasteiger partial charge in [-0.25, -0.2) is 9.67 Å². The molecule has 0 unspecified atom stereocenters. The standard InChI is InChI=1S/C13H18N6OS.ClH/c1-8-7-15-13(21-8)16-12(20)11-9(2)19(18-17-11)10-3-5-14-6-4-10;/h7,10,14H,3-6H2,1-2H3,(H,15,16,20);1H. The van der Waals surface area contributed by atoms with Gasteiger partial charge in [-0.1, -0.05) is 5.21 Å². The van der Waals surface area contributed by atoms with Crippen molar-refractivity contribution in [1.29, 1.82) is 0 Å². The number of anilines is 1. The third-order valence-corrected chi connectivity index (χ3v) is 4.47. The van der Waals surface area contributed by atoms with Gasteiger partial charge in [-0.05, 0) is 39.8 Å². The van der Waals surface area contributed by atoms with Crippen molar-refractivity contribution in [3.63, 3.8) is 0 Å². The molecule has 0 aromatic carbocycles. The largest absolute Gasteiger partial charge is 0.317 e. The number of halogens is 1. The normalized spacial score (nSPS) is 15.4. The van der Waals surface area contributed by atoms with Gasteiger partial charge in [0, 0.05) is 11.1 Å². The molecular weight excluding hydrogens is 324 g/mol. The predicted octanol–water partition coefficient (Wildman–Crippen LogP) is 1.95. The van der Waals surface area contributed by atoms with Gasteiger partial charge in [-0.15, -0.1) is 28.8 Å². The van der Waals surface area contributed by atoms with Gasteiger partial charge in [0.25, 0.3) is 5.91 Å². The van der Waals surface area contributed by atoms with E-state index in [9.17, 15) is 4.79 Å². The predicted molar refractivity (Wildman–Crippen MR) is 88.0 cm³/mol. The number of hydrogen-bond donors (Lipinski definition) is 2. The molecule has 1 fully saturated rings. The number of carbonyl (C=O) groups excluding carboxylic acids is 1. The molecule has 1 saturated heterocycles. The zero-order valence-corrected chi connectivity index (χ0v) is 14.1. The van der Waals surface area contributed by atoms with Crippen molar-refractivity contribution >= 4 is 34.8 Å². The number of aryl methyl sites for hydroxylation is 1. The molecule has 1 amide bonds. The molecule has 7 nitrogen and oxygen atoms in total. The number of carbonyl (C=O) groups is 1. The third kappa shape index (κ3) is 3.45. The second kappa shape index (κ2) is 7.17. The molecule has 9 heteroatoms. The number of thiazole rings is 1. The van der Waals surface area contributed by atoms with Crippen LogP contribution in [-0.2, 0) is 0 Å². The van der Waals surface area contributed by atoms with E-state index >= 15 is 0 Å². The van der Waals surface area contributed by atoms with E-state index < -0.39 is 0 Å². The Morgan fingerprint density at radius 2 is 2.14 bits per heavy atom. The zero-order chi connectivity index (χ0) is 14.8. The molecule has 0 radical (unpaired) electrons. The van der Waals surface area contributed by atoms with Gasteiger partial charge in [0.05, 0.1) is 11.7 Å². The van der Waals surface area contributed by atoms with Gasteiger partial charge in [0.2, 0.25) is 0 Å². The number of hydrogen-bond acceptors (Lipinski definition) is 6. The summed E-state index contributed by atoms with van der Waals surface area (Å²) in [6.07, 6.45) is 3.76.